The van der Waals surface area contributed by atoms with Crippen LogP contribution in [0.1, 0.15) is 12.0 Å². The van der Waals surface area contributed by atoms with Crippen molar-refractivity contribution in [3.63, 3.8) is 0 Å². The van der Waals surface area contributed by atoms with Crippen LogP contribution in [0.4, 0.5) is 10.8 Å². The lowest BCUT2D eigenvalue weighted by atomic mass is 10.2. The second-order valence-corrected chi connectivity index (χ2v) is 9.71. The Kier molecular flexibility index (Phi) is 6.00. The van der Waals surface area contributed by atoms with E-state index in [1.165, 1.54) is 24.0 Å². The average molecular weight is 450 g/mol. The van der Waals surface area contributed by atoms with E-state index in [1.807, 2.05) is 6.07 Å². The Morgan fingerprint density at radius 3 is 2.76 bits per heavy atom. The van der Waals surface area contributed by atoms with E-state index in [2.05, 4.69) is 48.6 Å². The largest absolute Gasteiger partial charge is 0.380 e. The molecule has 10 heteroatoms. The van der Waals surface area contributed by atoms with Gasteiger partial charge in [-0.25, -0.2) is 13.4 Å². The van der Waals surface area contributed by atoms with E-state index in [0.717, 1.165) is 43.3 Å². The molecule has 1 fully saturated rings. The summed E-state index contributed by atoms with van der Waals surface area (Å²) in [5.74, 6) is 0. The molecule has 1 aromatic heterocycles. The van der Waals surface area contributed by atoms with Crippen molar-refractivity contribution < 1.29 is 8.42 Å². The molecular weight excluding hydrogens is 430 g/mol. The van der Waals surface area contributed by atoms with E-state index in [4.69, 9.17) is 11.6 Å². The van der Waals surface area contributed by atoms with Gasteiger partial charge in [0.1, 0.15) is 6.33 Å². The van der Waals surface area contributed by atoms with E-state index >= 15 is 0 Å². The molecule has 0 radical (unpaired) electrons. The molecule has 1 saturated heterocycles. The lowest BCUT2D eigenvalue weighted by molar-refractivity contribution is 0.328. The number of hydrogen-bond acceptors (Lipinski definition) is 7. The Morgan fingerprint density at radius 2 is 2.03 bits per heavy atom. The first-order valence-electron chi connectivity index (χ1n) is 9.11. The summed E-state index contributed by atoms with van der Waals surface area (Å²) < 4.78 is 31.1. The van der Waals surface area contributed by atoms with E-state index in [0.29, 0.717) is 5.02 Å². The molecule has 2 heterocycles. The number of nitrogens with one attached hydrogen (secondary N) is 2. The van der Waals surface area contributed by atoms with Gasteiger partial charge in [-0.2, -0.15) is 4.37 Å². The summed E-state index contributed by atoms with van der Waals surface area (Å²) in [6.07, 6.45) is 2.30. The summed E-state index contributed by atoms with van der Waals surface area (Å²) in [6, 6.07) is 15.3. The molecule has 7 nitrogen and oxygen atoms in total. The molecule has 1 aliphatic heterocycles. The quantitative estimate of drug-likeness (QED) is 0.572. The van der Waals surface area contributed by atoms with Crippen LogP contribution >= 0.6 is 23.1 Å². The van der Waals surface area contributed by atoms with Crippen LogP contribution in [0.5, 0.6) is 0 Å². The highest BCUT2D eigenvalue weighted by Crippen LogP contribution is 2.28. The predicted octanol–water partition coefficient (Wildman–Crippen LogP) is 3.68. The number of aromatic nitrogens is 2. The molecule has 1 aliphatic rings. The number of hydrogen-bond donors (Lipinski definition) is 2. The molecule has 1 atom stereocenters. The number of nitrogens with zero attached hydrogens (tertiary/aromatic N) is 3. The number of anilines is 2. The monoisotopic (exact) mass is 449 g/mol. The minimum absolute atomic E-state index is 0.0837. The van der Waals surface area contributed by atoms with Gasteiger partial charge in [0.05, 0.1) is 15.6 Å². The van der Waals surface area contributed by atoms with Crippen LogP contribution < -0.4 is 10.0 Å². The van der Waals surface area contributed by atoms with E-state index in [1.54, 1.807) is 6.07 Å². The molecule has 0 saturated carbocycles. The normalized spacial score (nSPS) is 17.3. The van der Waals surface area contributed by atoms with Crippen molar-refractivity contribution in [2.75, 3.05) is 23.1 Å². The smallest absolute Gasteiger partial charge is 0.263 e. The van der Waals surface area contributed by atoms with Crippen molar-refractivity contribution in [2.45, 2.75) is 23.9 Å². The summed E-state index contributed by atoms with van der Waals surface area (Å²) in [7, 11) is -3.76. The minimum Gasteiger partial charge on any atom is -0.380 e. The second-order valence-electron chi connectivity index (χ2n) is 6.84. The number of rotatable bonds is 7. The fraction of sp³-hybridized carbons (Fsp3) is 0.263. The van der Waals surface area contributed by atoms with Crippen LogP contribution in [0.25, 0.3) is 0 Å². The molecule has 152 valence electrons. The summed E-state index contributed by atoms with van der Waals surface area (Å²) >= 11 is 7.34. The van der Waals surface area contributed by atoms with E-state index in [-0.39, 0.29) is 16.1 Å². The lowest BCUT2D eigenvalue weighted by Crippen LogP contribution is -2.26. The summed E-state index contributed by atoms with van der Waals surface area (Å²) in [5.41, 5.74) is 2.02. The first-order chi connectivity index (χ1) is 14.0. The Morgan fingerprint density at radius 1 is 1.21 bits per heavy atom. The maximum atomic E-state index is 12.5. The minimum atomic E-state index is -3.76. The van der Waals surface area contributed by atoms with Gasteiger partial charge in [0.25, 0.3) is 10.0 Å². The zero-order chi connectivity index (χ0) is 20.3. The number of benzene rings is 2. The van der Waals surface area contributed by atoms with Crippen LogP contribution in [-0.2, 0) is 16.6 Å². The lowest BCUT2D eigenvalue weighted by Gasteiger charge is -2.18. The summed E-state index contributed by atoms with van der Waals surface area (Å²) in [4.78, 5) is 6.32. The Bertz CT molecular complexity index is 1060. The van der Waals surface area contributed by atoms with Crippen molar-refractivity contribution in [1.29, 1.82) is 0 Å². The number of halogens is 1. The van der Waals surface area contributed by atoms with Gasteiger partial charge in [0.15, 0.2) is 0 Å². The highest BCUT2D eigenvalue weighted by molar-refractivity contribution is 7.93. The molecule has 2 N–H and O–H groups in total. The standard InChI is InChI=1S/C19H20ClN5O2S2/c20-17-10-16(29(26,27)24-19-21-13-22-28-19)6-7-18(17)23-15-8-9-25(12-15)11-14-4-2-1-3-5-14/h1-7,10,13,15,23H,8-9,11-12H2,(H,21,22,24)/t15-/m0/s1. The van der Waals surface area contributed by atoms with Crippen molar-refractivity contribution in [2.24, 2.45) is 0 Å². The van der Waals surface area contributed by atoms with Crippen molar-refractivity contribution in [1.82, 2.24) is 14.3 Å². The van der Waals surface area contributed by atoms with Gasteiger partial charge in [-0.1, -0.05) is 41.9 Å². The Labute approximate surface area is 179 Å². The van der Waals surface area contributed by atoms with Gasteiger partial charge >= 0.3 is 0 Å². The van der Waals surface area contributed by atoms with Crippen molar-refractivity contribution in [3.8, 4) is 0 Å². The predicted molar refractivity (Wildman–Crippen MR) is 116 cm³/mol. The van der Waals surface area contributed by atoms with Crippen molar-refractivity contribution >= 4 is 44.0 Å². The molecule has 3 aromatic rings. The van der Waals surface area contributed by atoms with Gasteiger partial charge in [-0.3, -0.25) is 9.62 Å². The van der Waals surface area contributed by atoms with Crippen LogP contribution in [0.15, 0.2) is 59.8 Å². The Balaban J connectivity index is 1.39. The van der Waals surface area contributed by atoms with Crippen LogP contribution in [0, 0.1) is 0 Å². The van der Waals surface area contributed by atoms with E-state index in [9.17, 15) is 8.42 Å². The topological polar surface area (TPSA) is 87.2 Å². The van der Waals surface area contributed by atoms with Gasteiger partial charge in [-0.05, 0) is 30.2 Å². The highest BCUT2D eigenvalue weighted by atomic mass is 35.5. The first kappa shape index (κ1) is 20.1. The third kappa shape index (κ3) is 5.05. The zero-order valence-corrected chi connectivity index (χ0v) is 17.8. The second kappa shape index (κ2) is 8.66. The Hall–Kier alpha value is -2.20. The molecule has 0 aliphatic carbocycles. The summed E-state index contributed by atoms with van der Waals surface area (Å²) in [5, 5.41) is 4.02. The zero-order valence-electron chi connectivity index (χ0n) is 15.5. The molecule has 29 heavy (non-hydrogen) atoms. The molecule has 2 aromatic carbocycles. The molecule has 0 amide bonds. The molecule has 0 unspecified atom stereocenters. The molecular formula is C19H20ClN5O2S2. The van der Waals surface area contributed by atoms with E-state index < -0.39 is 10.0 Å². The molecule has 4 rings (SSSR count). The van der Waals surface area contributed by atoms with Gasteiger partial charge < -0.3 is 5.32 Å². The maximum absolute atomic E-state index is 12.5. The van der Waals surface area contributed by atoms with Crippen molar-refractivity contribution in [3.05, 3.63) is 65.4 Å². The third-order valence-electron chi connectivity index (χ3n) is 4.71. The first-order valence-corrected chi connectivity index (χ1v) is 11.7. The van der Waals surface area contributed by atoms with Crippen LogP contribution in [-0.4, -0.2) is 41.8 Å². The van der Waals surface area contributed by atoms with Crippen LogP contribution in [0.3, 0.4) is 0 Å². The van der Waals surface area contributed by atoms with Gasteiger partial charge in [-0.15, -0.1) is 0 Å². The maximum Gasteiger partial charge on any atom is 0.263 e. The molecule has 0 spiro atoms. The highest BCUT2D eigenvalue weighted by Gasteiger charge is 2.24. The van der Waals surface area contributed by atoms with Crippen LogP contribution in [0.2, 0.25) is 5.02 Å². The van der Waals surface area contributed by atoms with Gasteiger partial charge in [0.2, 0.25) is 5.13 Å². The molecule has 0 bridgehead atoms. The fourth-order valence-electron chi connectivity index (χ4n) is 3.33. The fourth-order valence-corrected chi connectivity index (χ4v) is 5.31. The SMILES string of the molecule is O=S(=O)(Nc1ncns1)c1ccc(N[C@H]2CCN(Cc3ccccc3)C2)c(Cl)c1. The van der Waals surface area contributed by atoms with Gasteiger partial charge in [0, 0.05) is 37.2 Å². The average Bonchev–Trinajstić information content (AvgIpc) is 3.36. The third-order valence-corrected chi connectivity index (χ3v) is 7.07. The number of sulfonamides is 1. The number of likely N-dealkylation sites (tertiary alicyclic amines) is 1. The summed E-state index contributed by atoms with van der Waals surface area (Å²) in [6.45, 7) is 2.83.